The first kappa shape index (κ1) is 12.2. The van der Waals surface area contributed by atoms with Crippen LogP contribution in [0, 0.1) is 0 Å². The van der Waals surface area contributed by atoms with Crippen LogP contribution in [-0.2, 0) is 17.1 Å². The lowest BCUT2D eigenvalue weighted by atomic mass is 10.3. The van der Waals surface area contributed by atoms with Crippen molar-refractivity contribution in [2.24, 2.45) is 12.8 Å². The van der Waals surface area contributed by atoms with Gasteiger partial charge >= 0.3 is 0 Å². The zero-order valence-electron chi connectivity index (χ0n) is 8.84. The summed E-state index contributed by atoms with van der Waals surface area (Å²) < 4.78 is 27.5. The molecule has 0 aliphatic carbocycles. The molecule has 1 aromatic rings. The summed E-state index contributed by atoms with van der Waals surface area (Å²) in [5, 5.41) is 0.0360. The molecule has 0 amide bonds. The van der Waals surface area contributed by atoms with Crippen molar-refractivity contribution in [2.75, 3.05) is 6.54 Å². The van der Waals surface area contributed by atoms with E-state index in [1.165, 1.54) is 12.5 Å². The standard InChI is InChI=1S/C8H16N4O2S/c1-7(3-4-9)11-15(13,14)8-5-12(2)6-10-8/h5-7,11H,3-4,9H2,1-2H3. The van der Waals surface area contributed by atoms with Crippen LogP contribution in [0.3, 0.4) is 0 Å². The number of aryl methyl sites for hydroxylation is 1. The van der Waals surface area contributed by atoms with E-state index < -0.39 is 10.0 Å². The van der Waals surface area contributed by atoms with Gasteiger partial charge in [-0.25, -0.2) is 18.1 Å². The molecule has 86 valence electrons. The van der Waals surface area contributed by atoms with Gasteiger partial charge in [-0.05, 0) is 19.9 Å². The maximum atomic E-state index is 11.7. The van der Waals surface area contributed by atoms with Gasteiger partial charge < -0.3 is 10.3 Å². The van der Waals surface area contributed by atoms with E-state index in [4.69, 9.17) is 5.73 Å². The normalized spacial score (nSPS) is 14.1. The van der Waals surface area contributed by atoms with Crippen LogP contribution in [0.1, 0.15) is 13.3 Å². The van der Waals surface area contributed by atoms with Gasteiger partial charge in [-0.2, -0.15) is 0 Å². The Labute approximate surface area is 89.5 Å². The molecule has 0 radical (unpaired) electrons. The molecule has 6 nitrogen and oxygen atoms in total. The highest BCUT2D eigenvalue weighted by Crippen LogP contribution is 2.05. The number of nitrogens with zero attached hydrogens (tertiary/aromatic N) is 2. The molecule has 0 saturated carbocycles. The van der Waals surface area contributed by atoms with Crippen molar-refractivity contribution in [3.05, 3.63) is 12.5 Å². The van der Waals surface area contributed by atoms with Gasteiger partial charge in [0.05, 0.1) is 6.33 Å². The molecule has 1 heterocycles. The number of rotatable bonds is 5. The highest BCUT2D eigenvalue weighted by atomic mass is 32.2. The minimum atomic E-state index is -3.50. The summed E-state index contributed by atoms with van der Waals surface area (Å²) in [6, 6.07) is -0.179. The number of sulfonamides is 1. The Bertz CT molecular complexity index is 412. The van der Waals surface area contributed by atoms with E-state index >= 15 is 0 Å². The van der Waals surface area contributed by atoms with Crippen LogP contribution in [-0.4, -0.2) is 30.6 Å². The van der Waals surface area contributed by atoms with Crippen LogP contribution in [0.25, 0.3) is 0 Å². The Morgan fingerprint density at radius 3 is 2.80 bits per heavy atom. The topological polar surface area (TPSA) is 90.0 Å². The van der Waals surface area contributed by atoms with E-state index in [1.807, 2.05) is 0 Å². The van der Waals surface area contributed by atoms with Crippen LogP contribution < -0.4 is 10.5 Å². The molecule has 1 rings (SSSR count). The van der Waals surface area contributed by atoms with E-state index in [0.717, 1.165) is 0 Å². The predicted octanol–water partition coefficient (Wildman–Crippen LogP) is -0.564. The summed E-state index contributed by atoms with van der Waals surface area (Å²) in [7, 11) is -1.78. The highest BCUT2D eigenvalue weighted by Gasteiger charge is 2.19. The van der Waals surface area contributed by atoms with Crippen LogP contribution in [0.4, 0.5) is 0 Å². The quantitative estimate of drug-likeness (QED) is 0.711. The number of hydrogen-bond donors (Lipinski definition) is 2. The second kappa shape index (κ2) is 4.73. The summed E-state index contributed by atoms with van der Waals surface area (Å²) in [6.07, 6.45) is 3.51. The molecule has 1 unspecified atom stereocenters. The summed E-state index contributed by atoms with van der Waals surface area (Å²) in [6.45, 7) is 2.22. The Balaban J connectivity index is 2.76. The monoisotopic (exact) mass is 232 g/mol. The molecule has 0 spiro atoms. The van der Waals surface area contributed by atoms with Crippen molar-refractivity contribution in [1.82, 2.24) is 14.3 Å². The van der Waals surface area contributed by atoms with Crippen LogP contribution in [0.2, 0.25) is 0 Å². The van der Waals surface area contributed by atoms with Crippen molar-refractivity contribution in [3.63, 3.8) is 0 Å². The molecule has 0 aliphatic rings. The van der Waals surface area contributed by atoms with Crippen molar-refractivity contribution in [3.8, 4) is 0 Å². The maximum Gasteiger partial charge on any atom is 0.259 e. The molecule has 0 bridgehead atoms. The zero-order chi connectivity index (χ0) is 11.5. The lowest BCUT2D eigenvalue weighted by Crippen LogP contribution is -2.34. The molecule has 15 heavy (non-hydrogen) atoms. The van der Waals surface area contributed by atoms with Crippen molar-refractivity contribution in [1.29, 1.82) is 0 Å². The van der Waals surface area contributed by atoms with E-state index in [-0.39, 0.29) is 11.1 Å². The smallest absolute Gasteiger partial charge is 0.259 e. The van der Waals surface area contributed by atoms with Crippen molar-refractivity contribution < 1.29 is 8.42 Å². The van der Waals surface area contributed by atoms with Gasteiger partial charge in [0.15, 0.2) is 5.03 Å². The van der Waals surface area contributed by atoms with Gasteiger partial charge in [0.1, 0.15) is 0 Å². The van der Waals surface area contributed by atoms with Crippen LogP contribution in [0.5, 0.6) is 0 Å². The molecule has 3 N–H and O–H groups in total. The van der Waals surface area contributed by atoms with Gasteiger partial charge in [-0.1, -0.05) is 0 Å². The van der Waals surface area contributed by atoms with Gasteiger partial charge in [0, 0.05) is 19.3 Å². The zero-order valence-corrected chi connectivity index (χ0v) is 9.66. The molecule has 0 aromatic carbocycles. The molecule has 0 saturated heterocycles. The highest BCUT2D eigenvalue weighted by molar-refractivity contribution is 7.89. The van der Waals surface area contributed by atoms with E-state index in [2.05, 4.69) is 9.71 Å². The lowest BCUT2D eigenvalue weighted by Gasteiger charge is -2.11. The van der Waals surface area contributed by atoms with Crippen molar-refractivity contribution in [2.45, 2.75) is 24.4 Å². The molecule has 0 aliphatic heterocycles. The fourth-order valence-corrected chi connectivity index (χ4v) is 2.42. The molecule has 1 atom stereocenters. The first-order chi connectivity index (χ1) is 6.95. The summed E-state index contributed by atoms with van der Waals surface area (Å²) >= 11 is 0. The van der Waals surface area contributed by atoms with Gasteiger partial charge in [0.2, 0.25) is 0 Å². The summed E-state index contributed by atoms with van der Waals surface area (Å²) in [5.74, 6) is 0. The van der Waals surface area contributed by atoms with Gasteiger partial charge in [-0.15, -0.1) is 0 Å². The fourth-order valence-electron chi connectivity index (χ4n) is 1.16. The first-order valence-electron chi connectivity index (χ1n) is 4.66. The minimum absolute atomic E-state index is 0.0360. The Morgan fingerprint density at radius 2 is 2.33 bits per heavy atom. The van der Waals surface area contributed by atoms with Crippen LogP contribution >= 0.6 is 0 Å². The maximum absolute atomic E-state index is 11.7. The fraction of sp³-hybridized carbons (Fsp3) is 0.625. The average Bonchev–Trinajstić information content (AvgIpc) is 2.51. The number of nitrogens with one attached hydrogen (secondary N) is 1. The third-order valence-corrected chi connectivity index (χ3v) is 3.39. The molecule has 0 fully saturated rings. The predicted molar refractivity (Wildman–Crippen MR) is 56.7 cm³/mol. The van der Waals surface area contributed by atoms with E-state index in [0.29, 0.717) is 13.0 Å². The molecular formula is C8H16N4O2S. The van der Waals surface area contributed by atoms with Gasteiger partial charge in [0.25, 0.3) is 10.0 Å². The summed E-state index contributed by atoms with van der Waals surface area (Å²) in [4.78, 5) is 3.78. The second-order valence-corrected chi connectivity index (χ2v) is 5.14. The first-order valence-corrected chi connectivity index (χ1v) is 6.14. The number of imidazole rings is 1. The Morgan fingerprint density at radius 1 is 1.67 bits per heavy atom. The summed E-state index contributed by atoms with van der Waals surface area (Å²) in [5.41, 5.74) is 5.34. The Hall–Kier alpha value is -0.920. The number of hydrogen-bond acceptors (Lipinski definition) is 4. The number of aromatic nitrogens is 2. The third kappa shape index (κ3) is 3.29. The lowest BCUT2D eigenvalue weighted by molar-refractivity contribution is 0.547. The van der Waals surface area contributed by atoms with Crippen LogP contribution in [0.15, 0.2) is 17.6 Å². The van der Waals surface area contributed by atoms with E-state index in [1.54, 1.807) is 18.5 Å². The largest absolute Gasteiger partial charge is 0.339 e. The molecular weight excluding hydrogens is 216 g/mol. The Kier molecular flexibility index (Phi) is 3.83. The SMILES string of the molecule is CC(CCN)NS(=O)(=O)c1cn(C)cn1. The minimum Gasteiger partial charge on any atom is -0.339 e. The average molecular weight is 232 g/mol. The van der Waals surface area contributed by atoms with Gasteiger partial charge in [-0.3, -0.25) is 0 Å². The van der Waals surface area contributed by atoms with E-state index in [9.17, 15) is 8.42 Å². The van der Waals surface area contributed by atoms with Crippen molar-refractivity contribution >= 4 is 10.0 Å². The molecule has 7 heteroatoms. The second-order valence-electron chi connectivity index (χ2n) is 3.48. The molecule has 1 aromatic heterocycles. The third-order valence-electron chi connectivity index (χ3n) is 1.91. The number of nitrogens with two attached hydrogens (primary N) is 1.